The molecule has 0 amide bonds. The molecule has 1 aliphatic rings. The number of aliphatic hydroxyl groups excluding tert-OH is 4. The molecule has 1 aliphatic heterocycles. The van der Waals surface area contributed by atoms with Crippen molar-refractivity contribution in [1.29, 1.82) is 0 Å². The predicted molar refractivity (Wildman–Crippen MR) is 36.0 cm³/mol. The predicted octanol–water partition coefficient (Wildman–Crippen LogP) is -3.22. The average Bonchev–Trinajstić information content (AvgIpc) is 2.31. The van der Waals surface area contributed by atoms with E-state index < -0.39 is 37.3 Å². The van der Waals surface area contributed by atoms with E-state index in [1.165, 1.54) is 0 Å². The van der Waals surface area contributed by atoms with E-state index in [0.717, 1.165) is 0 Å². The first kappa shape index (κ1) is 9.85. The first-order chi connectivity index (χ1) is 5.55. The van der Waals surface area contributed by atoms with Crippen molar-refractivity contribution in [3.8, 4) is 0 Å². The molecule has 0 aromatic heterocycles. The summed E-state index contributed by atoms with van der Waals surface area (Å²) in [6.07, 6.45) is -4.04. The molecule has 0 saturated carbocycles. The Morgan fingerprint density at radius 1 is 1.25 bits per heavy atom. The Morgan fingerprint density at radius 2 is 1.83 bits per heavy atom. The van der Waals surface area contributed by atoms with Gasteiger partial charge in [0.05, 0.1) is 13.2 Å². The maximum atomic E-state index is 9.25. The van der Waals surface area contributed by atoms with Crippen molar-refractivity contribution in [3.63, 3.8) is 0 Å². The van der Waals surface area contributed by atoms with E-state index >= 15 is 0 Å². The van der Waals surface area contributed by atoms with E-state index in [2.05, 4.69) is 4.74 Å². The molecule has 72 valence electrons. The summed E-state index contributed by atoms with van der Waals surface area (Å²) >= 11 is 0. The molecule has 5 N–H and O–H groups in total. The maximum Gasteiger partial charge on any atom is 0.219 e. The molecule has 0 radical (unpaired) electrons. The van der Waals surface area contributed by atoms with Crippen LogP contribution in [0.2, 0.25) is 0 Å². The molecule has 0 aromatic rings. The highest BCUT2D eigenvalue weighted by molar-refractivity contribution is 4.94. The summed E-state index contributed by atoms with van der Waals surface area (Å²) in [6.45, 7) is -1.36. The van der Waals surface area contributed by atoms with E-state index in [0.29, 0.717) is 0 Å². The van der Waals surface area contributed by atoms with Crippen LogP contribution in [0, 0.1) is 0 Å². The quantitative estimate of drug-likeness (QED) is 0.306. The molecular weight excluding hydrogens is 168 g/mol. The van der Waals surface area contributed by atoms with Crippen LogP contribution in [0.3, 0.4) is 0 Å². The normalized spacial score (nSPS) is 48.2. The van der Waals surface area contributed by atoms with Gasteiger partial charge in [-0.3, -0.25) is 0 Å². The SMILES string of the molecule is OC[C@H]1O[C@@](O)(CO)[C@@H](O)C1O. The van der Waals surface area contributed by atoms with E-state index in [1.807, 2.05) is 0 Å². The maximum absolute atomic E-state index is 9.25. The molecule has 1 fully saturated rings. The van der Waals surface area contributed by atoms with Crippen molar-refractivity contribution in [2.75, 3.05) is 13.2 Å². The summed E-state index contributed by atoms with van der Waals surface area (Å²) in [7, 11) is 0. The Balaban J connectivity index is 2.72. The van der Waals surface area contributed by atoms with Gasteiger partial charge in [-0.05, 0) is 0 Å². The van der Waals surface area contributed by atoms with Gasteiger partial charge >= 0.3 is 0 Å². The summed E-state index contributed by atoms with van der Waals surface area (Å²) in [4.78, 5) is 0. The summed E-state index contributed by atoms with van der Waals surface area (Å²) in [6, 6.07) is 0. The van der Waals surface area contributed by atoms with Gasteiger partial charge in [0, 0.05) is 0 Å². The van der Waals surface area contributed by atoms with Crippen molar-refractivity contribution in [3.05, 3.63) is 0 Å². The smallest absolute Gasteiger partial charge is 0.219 e. The van der Waals surface area contributed by atoms with Gasteiger partial charge in [0.25, 0.3) is 0 Å². The molecule has 1 heterocycles. The van der Waals surface area contributed by atoms with Crippen LogP contribution in [-0.4, -0.2) is 62.8 Å². The van der Waals surface area contributed by atoms with Crippen LogP contribution in [0.4, 0.5) is 0 Å². The lowest BCUT2D eigenvalue weighted by Crippen LogP contribution is -2.46. The zero-order valence-electron chi connectivity index (χ0n) is 6.29. The fourth-order valence-electron chi connectivity index (χ4n) is 1.15. The van der Waals surface area contributed by atoms with Gasteiger partial charge in [0.1, 0.15) is 18.3 Å². The molecule has 1 rings (SSSR count). The summed E-state index contributed by atoms with van der Waals surface area (Å²) in [5.41, 5.74) is 0. The topological polar surface area (TPSA) is 110 Å². The van der Waals surface area contributed by atoms with Crippen LogP contribution in [0.1, 0.15) is 0 Å². The summed E-state index contributed by atoms with van der Waals surface area (Å²) in [5.74, 6) is -2.16. The van der Waals surface area contributed by atoms with Crippen molar-refractivity contribution in [2.24, 2.45) is 0 Å². The summed E-state index contributed by atoms with van der Waals surface area (Å²) < 4.78 is 4.63. The average molecular weight is 180 g/mol. The van der Waals surface area contributed by atoms with E-state index in [1.54, 1.807) is 0 Å². The molecule has 4 atom stereocenters. The molecule has 6 nitrogen and oxygen atoms in total. The van der Waals surface area contributed by atoms with E-state index in [9.17, 15) is 5.11 Å². The molecule has 1 unspecified atom stereocenters. The Bertz CT molecular complexity index is 162. The van der Waals surface area contributed by atoms with Crippen LogP contribution in [0.25, 0.3) is 0 Å². The lowest BCUT2D eigenvalue weighted by molar-refractivity contribution is -0.248. The molecule has 1 saturated heterocycles. The second kappa shape index (κ2) is 3.25. The van der Waals surface area contributed by atoms with E-state index in [4.69, 9.17) is 20.4 Å². The highest BCUT2D eigenvalue weighted by atomic mass is 16.7. The number of rotatable bonds is 2. The van der Waals surface area contributed by atoms with Gasteiger partial charge in [-0.25, -0.2) is 0 Å². The van der Waals surface area contributed by atoms with Crippen LogP contribution in [0.5, 0.6) is 0 Å². The Labute approximate surface area is 68.6 Å². The highest BCUT2D eigenvalue weighted by Crippen LogP contribution is 2.28. The Morgan fingerprint density at radius 3 is 2.08 bits per heavy atom. The largest absolute Gasteiger partial charge is 0.394 e. The van der Waals surface area contributed by atoms with Gasteiger partial charge in [0.2, 0.25) is 5.79 Å². The standard InChI is InChI=1S/C6H12O6/c7-1-3-4(9)5(10)6(11,2-8)12-3/h3-5,7-11H,1-2H2/t3-,4?,5+,6+/m1/s1. The number of ether oxygens (including phenoxy) is 1. The zero-order valence-corrected chi connectivity index (χ0v) is 6.29. The van der Waals surface area contributed by atoms with E-state index in [-0.39, 0.29) is 0 Å². The minimum atomic E-state index is -2.16. The fourth-order valence-corrected chi connectivity index (χ4v) is 1.15. The van der Waals surface area contributed by atoms with Crippen molar-refractivity contribution >= 4 is 0 Å². The van der Waals surface area contributed by atoms with Gasteiger partial charge < -0.3 is 30.3 Å². The van der Waals surface area contributed by atoms with Crippen molar-refractivity contribution in [2.45, 2.75) is 24.1 Å². The third-order valence-corrected chi connectivity index (χ3v) is 1.93. The molecular formula is C6H12O6. The molecule has 12 heavy (non-hydrogen) atoms. The second-order valence-electron chi connectivity index (χ2n) is 2.78. The minimum absolute atomic E-state index is 0.527. The zero-order chi connectivity index (χ0) is 9.35. The van der Waals surface area contributed by atoms with Crippen molar-refractivity contribution in [1.82, 2.24) is 0 Å². The fraction of sp³-hybridized carbons (Fsp3) is 1.00. The molecule has 0 aromatic carbocycles. The van der Waals surface area contributed by atoms with Crippen molar-refractivity contribution < 1.29 is 30.3 Å². The third-order valence-electron chi connectivity index (χ3n) is 1.93. The van der Waals surface area contributed by atoms with Crippen LogP contribution in [0.15, 0.2) is 0 Å². The summed E-state index contributed by atoms with van der Waals surface area (Å²) in [5, 5.41) is 44.7. The van der Waals surface area contributed by atoms with Gasteiger partial charge in [-0.2, -0.15) is 0 Å². The van der Waals surface area contributed by atoms with Crippen LogP contribution in [-0.2, 0) is 4.74 Å². The lowest BCUT2D eigenvalue weighted by atomic mass is 10.1. The first-order valence-electron chi connectivity index (χ1n) is 3.53. The lowest BCUT2D eigenvalue weighted by Gasteiger charge is -2.22. The number of aliphatic hydroxyl groups is 5. The molecule has 0 bridgehead atoms. The van der Waals surface area contributed by atoms with Gasteiger partial charge in [-0.15, -0.1) is 0 Å². The number of hydrogen-bond acceptors (Lipinski definition) is 6. The monoisotopic (exact) mass is 180 g/mol. The van der Waals surface area contributed by atoms with Crippen LogP contribution < -0.4 is 0 Å². The van der Waals surface area contributed by atoms with Gasteiger partial charge in [-0.1, -0.05) is 0 Å². The second-order valence-corrected chi connectivity index (χ2v) is 2.78. The first-order valence-corrected chi connectivity index (χ1v) is 3.53. The highest BCUT2D eigenvalue weighted by Gasteiger charge is 2.52. The van der Waals surface area contributed by atoms with Crippen LogP contribution >= 0.6 is 0 Å². The Hall–Kier alpha value is -0.240. The number of hydrogen-bond donors (Lipinski definition) is 5. The molecule has 6 heteroatoms. The molecule has 0 aliphatic carbocycles. The molecule has 0 spiro atoms. The minimum Gasteiger partial charge on any atom is -0.394 e. The Kier molecular flexibility index (Phi) is 2.67. The van der Waals surface area contributed by atoms with Gasteiger partial charge in [0.15, 0.2) is 0 Å². The third kappa shape index (κ3) is 1.33.